The topological polar surface area (TPSA) is 211 Å². The number of carbonyl (C=O) groups is 4. The van der Waals surface area contributed by atoms with Gasteiger partial charge in [-0.2, -0.15) is 11.8 Å². The lowest BCUT2D eigenvalue weighted by Gasteiger charge is -2.27. The number of nitrogens with two attached hydrogens (primary N) is 1. The largest absolute Gasteiger partial charge is 0.508 e. The van der Waals surface area contributed by atoms with Crippen molar-refractivity contribution < 1.29 is 39.6 Å². The molecule has 6 unspecified atom stereocenters. The van der Waals surface area contributed by atoms with Crippen LogP contribution in [0.2, 0.25) is 0 Å². The van der Waals surface area contributed by atoms with Crippen molar-refractivity contribution in [3.8, 4) is 5.75 Å². The van der Waals surface area contributed by atoms with Gasteiger partial charge in [0.25, 0.3) is 0 Å². The van der Waals surface area contributed by atoms with Crippen LogP contribution < -0.4 is 21.7 Å². The number of benzene rings is 1. The quantitative estimate of drug-likeness (QED) is 0.141. The number of rotatable bonds is 14. The van der Waals surface area contributed by atoms with E-state index in [9.17, 15) is 39.6 Å². The van der Waals surface area contributed by atoms with Crippen LogP contribution in [-0.2, 0) is 25.6 Å². The predicted molar refractivity (Wildman–Crippen MR) is 130 cm³/mol. The summed E-state index contributed by atoms with van der Waals surface area (Å²) in [6, 6.07) is 0.594. The third-order valence-electron chi connectivity index (χ3n) is 5.09. The van der Waals surface area contributed by atoms with Crippen molar-refractivity contribution in [1.82, 2.24) is 16.0 Å². The Balaban J connectivity index is 3.09. The molecule has 0 aliphatic heterocycles. The van der Waals surface area contributed by atoms with E-state index in [4.69, 9.17) is 5.73 Å². The number of aliphatic hydroxyl groups is 2. The molecule has 1 aromatic rings. The Morgan fingerprint density at radius 1 is 0.914 bits per heavy atom. The second-order valence-electron chi connectivity index (χ2n) is 8.11. The fraction of sp³-hybridized carbons (Fsp3) is 0.545. The van der Waals surface area contributed by atoms with Gasteiger partial charge >= 0.3 is 5.97 Å². The number of phenolic OH excluding ortho intramolecular Hbond substituents is 1. The Hall–Kier alpha value is -2.87. The van der Waals surface area contributed by atoms with Crippen molar-refractivity contribution in [3.05, 3.63) is 29.8 Å². The molecule has 12 nitrogen and oxygen atoms in total. The second kappa shape index (κ2) is 14.5. The van der Waals surface area contributed by atoms with Crippen LogP contribution >= 0.6 is 11.8 Å². The van der Waals surface area contributed by atoms with Crippen LogP contribution in [0.3, 0.4) is 0 Å². The Bertz CT molecular complexity index is 866. The summed E-state index contributed by atoms with van der Waals surface area (Å²) in [7, 11) is 0. The maximum absolute atomic E-state index is 13.1. The minimum absolute atomic E-state index is 0.00908. The molecule has 9 N–H and O–H groups in total. The molecule has 196 valence electrons. The summed E-state index contributed by atoms with van der Waals surface area (Å²) < 4.78 is 0. The van der Waals surface area contributed by atoms with Gasteiger partial charge < -0.3 is 42.1 Å². The van der Waals surface area contributed by atoms with Crippen LogP contribution in [0.4, 0.5) is 0 Å². The fourth-order valence-corrected chi connectivity index (χ4v) is 3.51. The first-order chi connectivity index (χ1) is 16.4. The highest BCUT2D eigenvalue weighted by molar-refractivity contribution is 7.98. The Morgan fingerprint density at radius 3 is 1.94 bits per heavy atom. The van der Waals surface area contributed by atoms with Crippen molar-refractivity contribution >= 4 is 35.5 Å². The van der Waals surface area contributed by atoms with E-state index in [1.165, 1.54) is 37.7 Å². The summed E-state index contributed by atoms with van der Waals surface area (Å²) in [5.41, 5.74) is 6.48. The number of aromatic hydroxyl groups is 1. The molecule has 1 aromatic carbocycles. The number of aliphatic carboxylic acids is 1. The van der Waals surface area contributed by atoms with Crippen LogP contribution in [0.15, 0.2) is 24.3 Å². The molecule has 0 bridgehead atoms. The second-order valence-corrected chi connectivity index (χ2v) is 9.10. The van der Waals surface area contributed by atoms with Crippen LogP contribution in [-0.4, -0.2) is 92.5 Å². The number of hydrogen-bond acceptors (Lipinski definition) is 9. The van der Waals surface area contributed by atoms with E-state index in [1.807, 2.05) is 6.26 Å². The minimum Gasteiger partial charge on any atom is -0.508 e. The highest BCUT2D eigenvalue weighted by atomic mass is 32.2. The van der Waals surface area contributed by atoms with Gasteiger partial charge in [0.1, 0.15) is 17.8 Å². The molecule has 1 rings (SSSR count). The van der Waals surface area contributed by atoms with Crippen molar-refractivity contribution in [3.63, 3.8) is 0 Å². The highest BCUT2D eigenvalue weighted by Crippen LogP contribution is 2.12. The molecule has 35 heavy (non-hydrogen) atoms. The maximum atomic E-state index is 13.1. The summed E-state index contributed by atoms with van der Waals surface area (Å²) in [4.78, 5) is 49.5. The summed E-state index contributed by atoms with van der Waals surface area (Å²) in [6.07, 6.45) is -0.663. The van der Waals surface area contributed by atoms with Crippen molar-refractivity contribution in [2.45, 2.75) is 63.1 Å². The number of carbonyl (C=O) groups excluding carboxylic acids is 3. The molecule has 3 amide bonds. The van der Waals surface area contributed by atoms with Crippen molar-refractivity contribution in [1.29, 1.82) is 0 Å². The molecule has 6 atom stereocenters. The van der Waals surface area contributed by atoms with E-state index in [0.717, 1.165) is 0 Å². The van der Waals surface area contributed by atoms with E-state index in [-0.39, 0.29) is 12.2 Å². The van der Waals surface area contributed by atoms with Gasteiger partial charge in [0.05, 0.1) is 18.2 Å². The number of hydrogen-bond donors (Lipinski definition) is 8. The smallest absolute Gasteiger partial charge is 0.328 e. The molecular weight excluding hydrogens is 480 g/mol. The van der Waals surface area contributed by atoms with Gasteiger partial charge in [-0.25, -0.2) is 4.79 Å². The van der Waals surface area contributed by atoms with Gasteiger partial charge in [-0.05, 0) is 50.0 Å². The average molecular weight is 515 g/mol. The third kappa shape index (κ3) is 10.1. The molecule has 0 aromatic heterocycles. The summed E-state index contributed by atoms with van der Waals surface area (Å²) in [6.45, 7) is 2.38. The molecule has 0 radical (unpaired) electrons. The van der Waals surface area contributed by atoms with Gasteiger partial charge in [0.2, 0.25) is 17.7 Å². The number of aliphatic hydroxyl groups excluding tert-OH is 2. The number of amides is 3. The van der Waals surface area contributed by atoms with Gasteiger partial charge in [-0.3, -0.25) is 14.4 Å². The Morgan fingerprint density at radius 2 is 1.46 bits per heavy atom. The van der Waals surface area contributed by atoms with Gasteiger partial charge in [0, 0.05) is 6.42 Å². The molecule has 0 saturated carbocycles. The van der Waals surface area contributed by atoms with E-state index >= 15 is 0 Å². The lowest BCUT2D eigenvalue weighted by atomic mass is 10.0. The highest BCUT2D eigenvalue weighted by Gasteiger charge is 2.34. The van der Waals surface area contributed by atoms with Crippen LogP contribution in [0.1, 0.15) is 25.8 Å². The SMILES string of the molecule is CSCCC(N)C(=O)NC(Cc1ccc(O)cc1)C(=O)NC(C(=O)NC(C(=O)O)C(C)O)C(C)O. The molecule has 0 saturated heterocycles. The van der Waals surface area contributed by atoms with E-state index in [2.05, 4.69) is 16.0 Å². The molecule has 0 fully saturated rings. The van der Waals surface area contributed by atoms with Crippen LogP contribution in [0.25, 0.3) is 0 Å². The lowest BCUT2D eigenvalue weighted by Crippen LogP contribution is -2.61. The number of nitrogens with one attached hydrogen (secondary N) is 3. The average Bonchev–Trinajstić information content (AvgIpc) is 2.79. The molecule has 0 heterocycles. The summed E-state index contributed by atoms with van der Waals surface area (Å²) in [5, 5.41) is 45.3. The zero-order chi connectivity index (χ0) is 26.7. The molecule has 0 spiro atoms. The number of phenols is 1. The Labute approximate surface area is 207 Å². The van der Waals surface area contributed by atoms with E-state index in [1.54, 1.807) is 12.1 Å². The van der Waals surface area contributed by atoms with E-state index < -0.39 is 60.1 Å². The van der Waals surface area contributed by atoms with Crippen molar-refractivity contribution in [2.75, 3.05) is 12.0 Å². The third-order valence-corrected chi connectivity index (χ3v) is 5.73. The summed E-state index contributed by atoms with van der Waals surface area (Å²) in [5.74, 6) is -3.31. The van der Waals surface area contributed by atoms with Crippen molar-refractivity contribution in [2.24, 2.45) is 5.73 Å². The summed E-state index contributed by atoms with van der Waals surface area (Å²) >= 11 is 1.51. The number of carboxylic acid groups (broad SMARTS) is 1. The normalized spacial score (nSPS) is 16.2. The lowest BCUT2D eigenvalue weighted by molar-refractivity contribution is -0.146. The molecule has 0 aliphatic rings. The number of thioether (sulfide) groups is 1. The standard InChI is InChI=1S/C22H34N4O8S/c1-11(27)17(21(32)26-18(12(2)28)22(33)34)25-20(31)16(10-13-4-6-14(29)7-5-13)24-19(30)15(23)8-9-35-3/h4-7,11-12,15-18,27-29H,8-10,23H2,1-3H3,(H,24,30)(H,25,31)(H,26,32)(H,33,34). The monoisotopic (exact) mass is 514 g/mol. The minimum atomic E-state index is -1.66. The van der Waals surface area contributed by atoms with Crippen LogP contribution in [0.5, 0.6) is 5.75 Å². The maximum Gasteiger partial charge on any atom is 0.328 e. The Kier molecular flexibility index (Phi) is 12.5. The molecular formula is C22H34N4O8S. The van der Waals surface area contributed by atoms with Gasteiger partial charge in [-0.15, -0.1) is 0 Å². The first-order valence-electron chi connectivity index (χ1n) is 10.9. The molecule has 13 heteroatoms. The fourth-order valence-electron chi connectivity index (χ4n) is 3.02. The van der Waals surface area contributed by atoms with E-state index in [0.29, 0.717) is 17.7 Å². The predicted octanol–water partition coefficient (Wildman–Crippen LogP) is -1.68. The first-order valence-corrected chi connectivity index (χ1v) is 12.3. The first kappa shape index (κ1) is 30.2. The van der Waals surface area contributed by atoms with Gasteiger partial charge in [-0.1, -0.05) is 12.1 Å². The molecule has 0 aliphatic carbocycles. The van der Waals surface area contributed by atoms with Gasteiger partial charge in [0.15, 0.2) is 6.04 Å². The number of carboxylic acids is 1. The van der Waals surface area contributed by atoms with Crippen LogP contribution in [0, 0.1) is 0 Å². The zero-order valence-corrected chi connectivity index (χ0v) is 20.6. The zero-order valence-electron chi connectivity index (χ0n) is 19.8.